The highest BCUT2D eigenvalue weighted by Gasteiger charge is 2.17. The van der Waals surface area contributed by atoms with Gasteiger partial charge in [-0.2, -0.15) is 0 Å². The fourth-order valence-corrected chi connectivity index (χ4v) is 3.82. The Bertz CT molecular complexity index is 1220. The number of fused-ring (bicyclic) bond motifs is 1. The summed E-state index contributed by atoms with van der Waals surface area (Å²) in [5.41, 5.74) is 10.3. The van der Waals surface area contributed by atoms with Crippen molar-refractivity contribution in [3.8, 4) is 16.9 Å². The van der Waals surface area contributed by atoms with E-state index in [0.717, 1.165) is 28.0 Å². The summed E-state index contributed by atoms with van der Waals surface area (Å²) < 4.78 is 6.23. The van der Waals surface area contributed by atoms with E-state index < -0.39 is 6.04 Å². The molecule has 4 aromatic rings. The lowest BCUT2D eigenvalue weighted by atomic mass is 9.96. The molecule has 1 amide bonds. The van der Waals surface area contributed by atoms with Gasteiger partial charge in [-0.25, -0.2) is 0 Å². The van der Waals surface area contributed by atoms with E-state index in [1.54, 1.807) is 14.1 Å². The predicted octanol–water partition coefficient (Wildman–Crippen LogP) is 5.04. The van der Waals surface area contributed by atoms with Gasteiger partial charge in [0.05, 0.1) is 6.04 Å². The number of rotatable bonds is 7. The first kappa shape index (κ1) is 21.6. The molecule has 4 nitrogen and oxygen atoms in total. The van der Waals surface area contributed by atoms with E-state index in [9.17, 15) is 4.79 Å². The molecule has 2 N–H and O–H groups in total. The third-order valence-electron chi connectivity index (χ3n) is 5.56. The van der Waals surface area contributed by atoms with Crippen LogP contribution in [0.3, 0.4) is 0 Å². The van der Waals surface area contributed by atoms with Gasteiger partial charge >= 0.3 is 0 Å². The van der Waals surface area contributed by atoms with Crippen molar-refractivity contribution in [3.63, 3.8) is 0 Å². The van der Waals surface area contributed by atoms with Crippen molar-refractivity contribution >= 4 is 16.7 Å². The van der Waals surface area contributed by atoms with E-state index in [1.807, 2.05) is 42.5 Å². The molecule has 0 saturated carbocycles. The van der Waals surface area contributed by atoms with Crippen molar-refractivity contribution in [2.24, 2.45) is 5.73 Å². The molecular formula is C28H28N2O2. The van der Waals surface area contributed by atoms with Gasteiger partial charge in [-0.15, -0.1) is 0 Å². The van der Waals surface area contributed by atoms with E-state index in [-0.39, 0.29) is 5.91 Å². The highest BCUT2D eigenvalue weighted by atomic mass is 16.5. The summed E-state index contributed by atoms with van der Waals surface area (Å²) in [7, 11) is 3.45. The van der Waals surface area contributed by atoms with E-state index in [2.05, 4.69) is 48.5 Å². The fraction of sp³-hybridized carbons (Fsp3) is 0.179. The van der Waals surface area contributed by atoms with Gasteiger partial charge in [0.25, 0.3) is 0 Å². The summed E-state index contributed by atoms with van der Waals surface area (Å²) in [5, 5.41) is 2.36. The summed E-state index contributed by atoms with van der Waals surface area (Å²) in [4.78, 5) is 13.8. The minimum absolute atomic E-state index is 0.0818. The minimum Gasteiger partial charge on any atom is -0.488 e. The van der Waals surface area contributed by atoms with Gasteiger partial charge in [0.2, 0.25) is 5.91 Å². The van der Waals surface area contributed by atoms with Gasteiger partial charge in [0, 0.05) is 19.7 Å². The van der Waals surface area contributed by atoms with E-state index in [1.165, 1.54) is 15.7 Å². The first-order valence-electron chi connectivity index (χ1n) is 10.8. The normalized spacial score (nSPS) is 11.8. The van der Waals surface area contributed by atoms with Crippen molar-refractivity contribution in [2.75, 3.05) is 14.1 Å². The van der Waals surface area contributed by atoms with Crippen LogP contribution in [0.1, 0.15) is 11.1 Å². The molecule has 0 heterocycles. The Morgan fingerprint density at radius 2 is 1.56 bits per heavy atom. The highest BCUT2D eigenvalue weighted by Crippen LogP contribution is 2.34. The number of benzene rings is 4. The number of likely N-dealkylation sites (N-methyl/N-ethyl adjacent to an activating group) is 1. The van der Waals surface area contributed by atoms with E-state index >= 15 is 0 Å². The maximum atomic E-state index is 12.3. The molecule has 4 rings (SSSR count). The molecule has 4 heteroatoms. The standard InChI is InChI=1S/C28H28N2O2/c1-30(2)28(31)26(29)17-21-12-15-27(32-19-20-8-4-3-5-9-20)25(16-21)24-14-13-22-10-6-7-11-23(22)18-24/h3-16,18,26H,17,19,29H2,1-2H3/t26-/m0/s1. The van der Waals surface area contributed by atoms with Gasteiger partial charge in [0.1, 0.15) is 12.4 Å². The summed E-state index contributed by atoms with van der Waals surface area (Å²) in [6, 6.07) is 30.3. The Balaban J connectivity index is 1.69. The lowest BCUT2D eigenvalue weighted by Gasteiger charge is -2.18. The summed E-state index contributed by atoms with van der Waals surface area (Å²) in [5.74, 6) is 0.724. The van der Waals surface area contributed by atoms with Crippen LogP contribution in [0.2, 0.25) is 0 Å². The predicted molar refractivity (Wildman–Crippen MR) is 131 cm³/mol. The molecule has 0 fully saturated rings. The number of hydrogen-bond acceptors (Lipinski definition) is 3. The van der Waals surface area contributed by atoms with E-state index in [0.29, 0.717) is 13.0 Å². The van der Waals surface area contributed by atoms with Gasteiger partial charge in [-0.05, 0) is 52.1 Å². The zero-order valence-electron chi connectivity index (χ0n) is 18.5. The molecule has 0 bridgehead atoms. The fourth-order valence-electron chi connectivity index (χ4n) is 3.82. The van der Waals surface area contributed by atoms with Crippen LogP contribution >= 0.6 is 0 Å². The summed E-state index contributed by atoms with van der Waals surface area (Å²) in [6.45, 7) is 0.486. The molecule has 0 aliphatic rings. The molecule has 4 aromatic carbocycles. The van der Waals surface area contributed by atoms with Crippen LogP contribution in [0.15, 0.2) is 91.0 Å². The second-order valence-electron chi connectivity index (χ2n) is 8.21. The molecule has 0 unspecified atom stereocenters. The third kappa shape index (κ3) is 4.98. The van der Waals surface area contributed by atoms with E-state index in [4.69, 9.17) is 10.5 Å². The van der Waals surface area contributed by atoms with Crippen LogP contribution in [0.25, 0.3) is 21.9 Å². The number of hydrogen-bond donors (Lipinski definition) is 1. The maximum Gasteiger partial charge on any atom is 0.239 e. The molecular weight excluding hydrogens is 396 g/mol. The number of nitrogens with zero attached hydrogens (tertiary/aromatic N) is 1. The van der Waals surface area contributed by atoms with Crippen molar-refractivity contribution in [1.82, 2.24) is 4.90 Å². The Hall–Kier alpha value is -3.63. The van der Waals surface area contributed by atoms with Crippen LogP contribution in [0, 0.1) is 0 Å². The molecule has 0 aromatic heterocycles. The van der Waals surface area contributed by atoms with Crippen LogP contribution in [0.4, 0.5) is 0 Å². The Labute approximate surface area is 189 Å². The second-order valence-corrected chi connectivity index (χ2v) is 8.21. The summed E-state index contributed by atoms with van der Waals surface area (Å²) >= 11 is 0. The van der Waals surface area contributed by atoms with Crippen molar-refractivity contribution in [3.05, 3.63) is 102 Å². The number of carbonyl (C=O) groups is 1. The SMILES string of the molecule is CN(C)C(=O)[C@@H](N)Cc1ccc(OCc2ccccc2)c(-c2ccc3ccccc3c2)c1. The number of carbonyl (C=O) groups excluding carboxylic acids is 1. The molecule has 0 spiro atoms. The van der Waals surface area contributed by atoms with Crippen LogP contribution in [0.5, 0.6) is 5.75 Å². The molecule has 0 saturated heterocycles. The highest BCUT2D eigenvalue weighted by molar-refractivity contribution is 5.88. The van der Waals surface area contributed by atoms with Crippen LogP contribution in [-0.2, 0) is 17.8 Å². The van der Waals surface area contributed by atoms with Crippen LogP contribution < -0.4 is 10.5 Å². The zero-order chi connectivity index (χ0) is 22.5. The lowest BCUT2D eigenvalue weighted by molar-refractivity contribution is -0.130. The molecule has 0 radical (unpaired) electrons. The van der Waals surface area contributed by atoms with Gasteiger partial charge < -0.3 is 15.4 Å². The Morgan fingerprint density at radius 3 is 2.31 bits per heavy atom. The first-order valence-corrected chi connectivity index (χ1v) is 10.8. The quantitative estimate of drug-likeness (QED) is 0.452. The summed E-state index contributed by atoms with van der Waals surface area (Å²) in [6.07, 6.45) is 0.469. The molecule has 1 atom stereocenters. The average Bonchev–Trinajstić information content (AvgIpc) is 2.83. The monoisotopic (exact) mass is 424 g/mol. The molecule has 0 aliphatic heterocycles. The number of ether oxygens (including phenoxy) is 1. The first-order chi connectivity index (χ1) is 15.5. The Kier molecular flexibility index (Phi) is 6.52. The van der Waals surface area contributed by atoms with Gasteiger partial charge in [0.15, 0.2) is 0 Å². The minimum atomic E-state index is -0.578. The average molecular weight is 425 g/mol. The third-order valence-corrected chi connectivity index (χ3v) is 5.56. The smallest absolute Gasteiger partial charge is 0.239 e. The van der Waals surface area contributed by atoms with Crippen molar-refractivity contribution in [2.45, 2.75) is 19.1 Å². The largest absolute Gasteiger partial charge is 0.488 e. The molecule has 32 heavy (non-hydrogen) atoms. The topological polar surface area (TPSA) is 55.6 Å². The van der Waals surface area contributed by atoms with Gasteiger partial charge in [-0.1, -0.05) is 72.8 Å². The van der Waals surface area contributed by atoms with Crippen molar-refractivity contribution in [1.29, 1.82) is 0 Å². The molecule has 0 aliphatic carbocycles. The lowest BCUT2D eigenvalue weighted by Crippen LogP contribution is -2.41. The number of nitrogens with two attached hydrogens (primary N) is 1. The Morgan fingerprint density at radius 1 is 0.844 bits per heavy atom. The van der Waals surface area contributed by atoms with Crippen molar-refractivity contribution < 1.29 is 9.53 Å². The number of amides is 1. The zero-order valence-corrected chi connectivity index (χ0v) is 18.5. The second kappa shape index (κ2) is 9.67. The molecule has 162 valence electrons. The van der Waals surface area contributed by atoms with Crippen LogP contribution in [-0.4, -0.2) is 30.9 Å². The maximum absolute atomic E-state index is 12.3. The van der Waals surface area contributed by atoms with Gasteiger partial charge in [-0.3, -0.25) is 4.79 Å².